The van der Waals surface area contributed by atoms with Crippen LogP contribution in [0.2, 0.25) is 0 Å². The fourth-order valence-electron chi connectivity index (χ4n) is 4.17. The molecule has 0 saturated carbocycles. The quantitative estimate of drug-likeness (QED) is 0.531. The van der Waals surface area contributed by atoms with Crippen LogP contribution in [0.1, 0.15) is 17.4 Å². The number of thioether (sulfide) groups is 1. The maximum atomic E-state index is 11.4. The third-order valence-corrected chi connectivity index (χ3v) is 7.13. The first-order valence-electron chi connectivity index (χ1n) is 11.3. The highest BCUT2D eigenvalue weighted by Crippen LogP contribution is 2.40. The topological polar surface area (TPSA) is 66.4 Å². The van der Waals surface area contributed by atoms with Crippen molar-refractivity contribution in [2.75, 3.05) is 13.7 Å². The zero-order chi connectivity index (χ0) is 23.3. The molecule has 0 bridgehead atoms. The average Bonchev–Trinajstić information content (AvgIpc) is 2.90. The van der Waals surface area contributed by atoms with Crippen LogP contribution in [0, 0.1) is 0 Å². The van der Waals surface area contributed by atoms with Crippen LogP contribution in [0.25, 0.3) is 0 Å². The van der Waals surface area contributed by atoms with Crippen molar-refractivity contribution in [3.05, 3.63) is 96.1 Å². The number of rotatable bonds is 7. The Bertz CT molecular complexity index is 1030. The third kappa shape index (κ3) is 5.30. The van der Waals surface area contributed by atoms with Crippen molar-refractivity contribution >= 4 is 11.8 Å². The maximum absolute atomic E-state index is 11.4. The van der Waals surface area contributed by atoms with E-state index >= 15 is 0 Å². The van der Waals surface area contributed by atoms with Gasteiger partial charge in [-0.15, -0.1) is 0 Å². The number of aliphatic hydroxyl groups excluding tert-OH is 1. The fraction of sp³-hybridized carbons (Fsp3) is 0.333. The van der Waals surface area contributed by atoms with Crippen molar-refractivity contribution in [1.82, 2.24) is 0 Å². The molecule has 0 unspecified atom stereocenters. The summed E-state index contributed by atoms with van der Waals surface area (Å²) in [6.45, 7) is 0.662. The van der Waals surface area contributed by atoms with Crippen LogP contribution in [-0.4, -0.2) is 48.7 Å². The van der Waals surface area contributed by atoms with Gasteiger partial charge in [0.05, 0.1) is 20.3 Å². The molecule has 0 radical (unpaired) electrons. The molecule has 6 atom stereocenters. The third-order valence-electron chi connectivity index (χ3n) is 5.98. The van der Waals surface area contributed by atoms with Gasteiger partial charge in [0.1, 0.15) is 35.6 Å². The number of fused-ring (bicyclic) bond motifs is 1. The first kappa shape index (κ1) is 23.4. The van der Waals surface area contributed by atoms with E-state index in [9.17, 15) is 5.11 Å². The minimum atomic E-state index is -0.881. The van der Waals surface area contributed by atoms with Crippen molar-refractivity contribution in [2.45, 2.75) is 47.6 Å². The number of ether oxygens (including phenoxy) is 5. The molecule has 3 aromatic rings. The predicted molar refractivity (Wildman–Crippen MR) is 129 cm³/mol. The molecule has 2 aliphatic heterocycles. The molecule has 6 nitrogen and oxygen atoms in total. The van der Waals surface area contributed by atoms with Crippen molar-refractivity contribution in [1.29, 1.82) is 0 Å². The molecular weight excluding hydrogens is 452 g/mol. The van der Waals surface area contributed by atoms with E-state index in [1.807, 2.05) is 84.9 Å². The van der Waals surface area contributed by atoms with E-state index in [-0.39, 0.29) is 0 Å². The molecule has 34 heavy (non-hydrogen) atoms. The lowest BCUT2D eigenvalue weighted by Crippen LogP contribution is -2.61. The molecule has 2 aliphatic rings. The molecule has 3 aromatic carbocycles. The zero-order valence-corrected chi connectivity index (χ0v) is 19.7. The summed E-state index contributed by atoms with van der Waals surface area (Å²) in [6, 6.07) is 27.4. The maximum Gasteiger partial charge on any atom is 0.184 e. The lowest BCUT2D eigenvalue weighted by Gasteiger charge is -2.47. The van der Waals surface area contributed by atoms with E-state index in [0.717, 1.165) is 21.8 Å². The van der Waals surface area contributed by atoms with Crippen LogP contribution in [0.5, 0.6) is 5.75 Å². The summed E-state index contributed by atoms with van der Waals surface area (Å²) in [7, 11) is 1.64. The van der Waals surface area contributed by atoms with Crippen molar-refractivity contribution in [3.63, 3.8) is 0 Å². The molecular formula is C27H28O6S. The fourth-order valence-corrected chi connectivity index (χ4v) is 5.32. The Balaban J connectivity index is 1.34. The highest BCUT2D eigenvalue weighted by Gasteiger charge is 2.50. The number of hydrogen-bond donors (Lipinski definition) is 1. The molecule has 0 aromatic heterocycles. The number of hydrogen-bond acceptors (Lipinski definition) is 7. The number of benzene rings is 3. The Morgan fingerprint density at radius 3 is 2.32 bits per heavy atom. The van der Waals surface area contributed by atoms with Crippen LogP contribution in [0.3, 0.4) is 0 Å². The van der Waals surface area contributed by atoms with Crippen molar-refractivity contribution < 1.29 is 28.8 Å². The van der Waals surface area contributed by atoms with Crippen LogP contribution in [-0.2, 0) is 25.6 Å². The Morgan fingerprint density at radius 1 is 0.912 bits per heavy atom. The molecule has 0 spiro atoms. The van der Waals surface area contributed by atoms with Gasteiger partial charge in [-0.25, -0.2) is 0 Å². The summed E-state index contributed by atoms with van der Waals surface area (Å²) in [6.07, 6.45) is -2.98. The molecule has 5 rings (SSSR count). The highest BCUT2D eigenvalue weighted by molar-refractivity contribution is 7.99. The summed E-state index contributed by atoms with van der Waals surface area (Å²) in [4.78, 5) is 1.04. The van der Waals surface area contributed by atoms with Gasteiger partial charge in [0, 0.05) is 10.5 Å². The highest BCUT2D eigenvalue weighted by atomic mass is 32.2. The molecule has 2 heterocycles. The van der Waals surface area contributed by atoms with Crippen LogP contribution < -0.4 is 4.74 Å². The molecule has 178 valence electrons. The van der Waals surface area contributed by atoms with Gasteiger partial charge in [0.15, 0.2) is 6.29 Å². The van der Waals surface area contributed by atoms with Crippen LogP contribution >= 0.6 is 11.8 Å². The van der Waals surface area contributed by atoms with E-state index < -0.39 is 36.1 Å². The van der Waals surface area contributed by atoms with Crippen LogP contribution in [0.4, 0.5) is 0 Å². The van der Waals surface area contributed by atoms with Crippen molar-refractivity contribution in [2.24, 2.45) is 0 Å². The monoisotopic (exact) mass is 480 g/mol. The lowest BCUT2D eigenvalue weighted by atomic mass is 9.98. The normalized spacial score (nSPS) is 28.8. The lowest BCUT2D eigenvalue weighted by molar-refractivity contribution is -0.322. The standard InChI is InChI=1S/C27H28O6S/c1-29-20-14-12-18(13-15-20)16-30-25-23(28)24-22(32-27(25)34-21-10-6-3-7-11-21)17-31-26(33-24)19-8-4-2-5-9-19/h2-15,22-28H,16-17H2,1H3/t22-,23+,24-,25+,26-,27-/m1/s1. The SMILES string of the molecule is COc1ccc(CO[C@H]2[C@@H](O)[C@@H]3O[C@H](c4ccccc4)OC[C@H]3O[C@@H]2Sc2ccccc2)cc1. The molecule has 1 N–H and O–H groups in total. The van der Waals surface area contributed by atoms with Gasteiger partial charge < -0.3 is 28.8 Å². The molecule has 0 aliphatic carbocycles. The first-order valence-corrected chi connectivity index (χ1v) is 12.2. The largest absolute Gasteiger partial charge is 0.497 e. The van der Waals surface area contributed by atoms with Gasteiger partial charge in [0.2, 0.25) is 0 Å². The number of aliphatic hydroxyl groups is 1. The zero-order valence-electron chi connectivity index (χ0n) is 18.9. The Kier molecular flexibility index (Phi) is 7.49. The average molecular weight is 481 g/mol. The molecule has 2 fully saturated rings. The van der Waals surface area contributed by atoms with Gasteiger partial charge in [-0.05, 0) is 29.8 Å². The predicted octanol–water partition coefficient (Wildman–Crippen LogP) is 4.57. The van der Waals surface area contributed by atoms with E-state index in [0.29, 0.717) is 13.2 Å². The van der Waals surface area contributed by atoms with Gasteiger partial charge >= 0.3 is 0 Å². The van der Waals surface area contributed by atoms with Crippen LogP contribution in [0.15, 0.2) is 89.8 Å². The van der Waals surface area contributed by atoms with Gasteiger partial charge in [-0.1, -0.05) is 72.4 Å². The van der Waals surface area contributed by atoms with E-state index in [1.165, 1.54) is 11.8 Å². The van der Waals surface area contributed by atoms with E-state index in [1.54, 1.807) is 7.11 Å². The smallest absolute Gasteiger partial charge is 0.184 e. The minimum absolute atomic E-state index is 0.330. The molecule has 0 amide bonds. The second kappa shape index (κ2) is 10.9. The first-order chi connectivity index (χ1) is 16.7. The van der Waals surface area contributed by atoms with E-state index in [4.69, 9.17) is 23.7 Å². The van der Waals surface area contributed by atoms with Gasteiger partial charge in [0.25, 0.3) is 0 Å². The summed E-state index contributed by atoms with van der Waals surface area (Å²) >= 11 is 1.53. The Hall–Kier alpha value is -2.39. The van der Waals surface area contributed by atoms with E-state index in [2.05, 4.69) is 0 Å². The van der Waals surface area contributed by atoms with Crippen molar-refractivity contribution in [3.8, 4) is 5.75 Å². The second-order valence-electron chi connectivity index (χ2n) is 8.26. The van der Waals surface area contributed by atoms with Gasteiger partial charge in [-0.2, -0.15) is 0 Å². The Labute approximate surface area is 203 Å². The number of methoxy groups -OCH3 is 1. The minimum Gasteiger partial charge on any atom is -0.497 e. The molecule has 7 heteroatoms. The summed E-state index contributed by atoms with van der Waals surface area (Å²) in [5.74, 6) is 0.785. The summed E-state index contributed by atoms with van der Waals surface area (Å²) in [5, 5.41) is 11.4. The Morgan fingerprint density at radius 2 is 1.62 bits per heavy atom. The summed E-state index contributed by atoms with van der Waals surface area (Å²) < 4.78 is 30.0. The van der Waals surface area contributed by atoms with Gasteiger partial charge in [-0.3, -0.25) is 0 Å². The molecule has 2 saturated heterocycles. The summed E-state index contributed by atoms with van der Waals surface area (Å²) in [5.41, 5.74) is 1.47. The second-order valence-corrected chi connectivity index (χ2v) is 9.44.